The number of methoxy groups -OCH3 is 1. The fourth-order valence-corrected chi connectivity index (χ4v) is 22.3. The van der Waals surface area contributed by atoms with Crippen molar-refractivity contribution in [3.63, 3.8) is 0 Å². The fraction of sp³-hybridized carbons (Fsp3) is 0.481. The average molecular weight is 1320 g/mol. The lowest BCUT2D eigenvalue weighted by atomic mass is 9.64. The highest BCUT2D eigenvalue weighted by atomic mass is 33.1. The molecule has 2 saturated carbocycles. The van der Waals surface area contributed by atoms with E-state index in [9.17, 15) is 25.2 Å². The molecule has 5 aliphatic carbocycles. The molecule has 0 aromatic heterocycles. The maximum absolute atomic E-state index is 14.2. The zero-order valence-corrected chi connectivity index (χ0v) is 55.8. The molecule has 5 aromatic rings. The molecule has 9 N–H and O–H groups in total. The van der Waals surface area contributed by atoms with Crippen molar-refractivity contribution in [3.8, 4) is 63.6 Å². The summed E-state index contributed by atoms with van der Waals surface area (Å²) in [5.41, 5.74) is 20.4. The molecule has 16 atom stereocenters. The van der Waals surface area contributed by atoms with Gasteiger partial charge in [0.15, 0.2) is 18.3 Å². The van der Waals surface area contributed by atoms with Gasteiger partial charge in [0.1, 0.15) is 42.0 Å². The van der Waals surface area contributed by atoms with Gasteiger partial charge in [0.2, 0.25) is 0 Å². The first kappa shape index (κ1) is 62.9. The minimum absolute atomic E-state index is 0.00567. The first-order valence-corrected chi connectivity index (χ1v) is 37.1. The summed E-state index contributed by atoms with van der Waals surface area (Å²) in [5, 5.41) is 60.2. The number of benzene rings is 5. The zero-order valence-electron chi connectivity index (χ0n) is 54.2. The predicted molar refractivity (Wildman–Crippen MR) is 371 cm³/mol. The lowest BCUT2D eigenvalue weighted by molar-refractivity contribution is -0.141. The number of hydrogen-bond donors (Lipinski definition) is 8. The van der Waals surface area contributed by atoms with Gasteiger partial charge >= 0.3 is 5.97 Å². The summed E-state index contributed by atoms with van der Waals surface area (Å²) in [6.07, 6.45) is 18.8. The van der Waals surface area contributed by atoms with Gasteiger partial charge < -0.3 is 65.8 Å². The Morgan fingerprint density at radius 2 is 1.78 bits per heavy atom. The Balaban J connectivity index is 1.02. The molecule has 494 valence electrons. The van der Waals surface area contributed by atoms with Gasteiger partial charge in [-0.05, 0) is 164 Å². The summed E-state index contributed by atoms with van der Waals surface area (Å²) in [4.78, 5) is 13.6. The van der Waals surface area contributed by atoms with Gasteiger partial charge in [-0.2, -0.15) is 0 Å². The van der Waals surface area contributed by atoms with E-state index in [1.165, 1.54) is 35.6 Å². The highest BCUT2D eigenvalue weighted by Crippen LogP contribution is 2.65. The minimum atomic E-state index is -0.892. The van der Waals surface area contributed by atoms with Gasteiger partial charge in [-0.1, -0.05) is 125 Å². The number of hydrogen-bond acceptors (Lipinski definition) is 16. The van der Waals surface area contributed by atoms with E-state index in [4.69, 9.17) is 29.4 Å². The topological polar surface area (TPSA) is 206 Å². The minimum Gasteiger partial charge on any atom is -0.508 e. The van der Waals surface area contributed by atoms with Crippen molar-refractivity contribution in [2.75, 3.05) is 39.5 Å². The highest BCUT2D eigenvalue weighted by Gasteiger charge is 2.54. The molecule has 95 heavy (non-hydrogen) atoms. The standard InChI is InChI=1S/C79H86N4O10S2/c1-43(86)90-40-63-56-19-20-57-70-52(33-54(87)34-67(70)91-42-85)36-79-27-26-50(35-79)59-30-45-14-15-47-11-7-13-64-61(38-84)62(39-89-2)49(32-51(47)28-45)17-16-48(18-23-65-55(59)22-25-69(80)83-65)71-60(37-81-64)74(88)77-58(72(71)75(63)92-76(56)73(57)79)21-24-66-78(93-77)68(31-44-8-4-3-5-9-44)95-94-41-46-10-6-12-53(29-46)82-66/h3-5,8-9,14-15,19-22,24-25,28,33-34,46,48-50,53,59,61-64,66,68-69,75,78,81-85,87-88H,6-7,10-13,26-27,29-32,35-42,80H2,1-2H3. The number of ether oxygens (including phenoxy) is 5. The number of esters is 1. The maximum atomic E-state index is 14.2. The molecule has 0 radical (unpaired) electrons. The van der Waals surface area contributed by atoms with Crippen LogP contribution in [0.5, 0.6) is 28.7 Å². The average Bonchev–Trinajstić information content (AvgIpc) is 1.61. The Kier molecular flexibility index (Phi) is 17.4. The molecular weight excluding hydrogens is 1230 g/mol. The van der Waals surface area contributed by atoms with E-state index in [0.29, 0.717) is 59.3 Å². The van der Waals surface area contributed by atoms with Crippen LogP contribution >= 0.6 is 21.6 Å². The molecule has 5 aromatic carbocycles. The number of aliphatic hydroxyl groups is 2. The Morgan fingerprint density at radius 1 is 0.884 bits per heavy atom. The Bertz CT molecular complexity index is 4070. The normalized spacial score (nSPS) is 31.9. The van der Waals surface area contributed by atoms with Crippen molar-refractivity contribution in [3.05, 3.63) is 163 Å². The zero-order chi connectivity index (χ0) is 64.6. The van der Waals surface area contributed by atoms with Crippen LogP contribution < -0.4 is 35.9 Å². The highest BCUT2D eigenvalue weighted by molar-refractivity contribution is 8.77. The molecule has 1 saturated heterocycles. The van der Waals surface area contributed by atoms with Crippen molar-refractivity contribution in [2.24, 2.45) is 41.2 Å². The van der Waals surface area contributed by atoms with Gasteiger partial charge in [-0.15, -0.1) is 0 Å². The number of dihydropyridines is 1. The number of aryl methyl sites for hydroxylation is 1. The third-order valence-corrected chi connectivity index (χ3v) is 26.3. The third-order valence-electron chi connectivity index (χ3n) is 23.3. The number of phenolic OH excluding ortho intramolecular Hbond substituents is 2. The van der Waals surface area contributed by atoms with Gasteiger partial charge in [-0.25, -0.2) is 0 Å². The van der Waals surface area contributed by atoms with Crippen LogP contribution in [0.15, 0.2) is 102 Å². The molecule has 3 fully saturated rings. The third kappa shape index (κ3) is 11.6. The van der Waals surface area contributed by atoms with Crippen molar-refractivity contribution >= 4 is 33.6 Å². The van der Waals surface area contributed by atoms with E-state index in [1.54, 1.807) is 13.2 Å². The van der Waals surface area contributed by atoms with E-state index >= 15 is 0 Å². The summed E-state index contributed by atoms with van der Waals surface area (Å²) in [6, 6.07) is 25.3. The monoisotopic (exact) mass is 1310 g/mol. The lowest BCUT2D eigenvalue weighted by Crippen LogP contribution is -2.52. The molecule has 14 nitrogen and oxygen atoms in total. The number of rotatable bonds is 9. The molecule has 6 heterocycles. The van der Waals surface area contributed by atoms with Crippen molar-refractivity contribution < 1.29 is 48.9 Å². The Labute approximate surface area is 565 Å². The molecule has 6 aliphatic heterocycles. The summed E-state index contributed by atoms with van der Waals surface area (Å²) < 4.78 is 34.8. The van der Waals surface area contributed by atoms with Crippen LogP contribution in [0.2, 0.25) is 0 Å². The van der Waals surface area contributed by atoms with Crippen LogP contribution in [0.25, 0.3) is 17.2 Å². The number of aromatic hydroxyl groups is 2. The quantitative estimate of drug-likeness (QED) is 0.0299. The van der Waals surface area contributed by atoms with Gasteiger partial charge in [0.05, 0.1) is 35.7 Å². The molecule has 16 rings (SSSR count). The van der Waals surface area contributed by atoms with E-state index in [-0.39, 0.29) is 84.2 Å². The van der Waals surface area contributed by atoms with Gasteiger partial charge in [-0.3, -0.25) is 4.79 Å². The number of carbonyl (C=O) groups excluding carboxylic acids is 1. The fourth-order valence-electron chi connectivity index (χ4n) is 19.0. The van der Waals surface area contributed by atoms with Crippen LogP contribution in [0.3, 0.4) is 0 Å². The molecule has 11 aliphatic rings. The van der Waals surface area contributed by atoms with Crippen molar-refractivity contribution in [2.45, 2.75) is 162 Å². The number of phenols is 2. The van der Waals surface area contributed by atoms with Crippen molar-refractivity contribution in [1.82, 2.24) is 16.0 Å². The largest absolute Gasteiger partial charge is 0.508 e. The lowest BCUT2D eigenvalue weighted by Gasteiger charge is -2.40. The summed E-state index contributed by atoms with van der Waals surface area (Å²) in [7, 11) is 5.59. The van der Waals surface area contributed by atoms with E-state index < -0.39 is 48.4 Å². The Morgan fingerprint density at radius 3 is 2.63 bits per heavy atom. The SMILES string of the molecule is COCC1C2C#CC3C#CC4=C(C=CC(N)N4)C4Cc5ccc(c(c5)C2)CCCC(NCc2c(O)c5c(c(c23)C2Oc3c(ccc6c3C3(CCC4C3)Cc3cc(O)cc(OCO)c3-6)C2COC(C)=O)C=CC2NC3CCCC(CSSC(Cc4ccccc4)C2O5)C3)C1CO. The molecule has 0 amide bonds. The van der Waals surface area contributed by atoms with Crippen LogP contribution in [-0.2, 0) is 58.3 Å². The number of aliphatic hydroxyl groups excluding tert-OH is 2. The number of allylic oxidation sites excluding steroid dienone is 3. The van der Waals surface area contributed by atoms with Crippen LogP contribution in [0.4, 0.5) is 0 Å². The first-order chi connectivity index (χ1) is 46.4. The van der Waals surface area contributed by atoms with Crippen LogP contribution in [0.1, 0.15) is 144 Å². The molecule has 12 bridgehead atoms. The van der Waals surface area contributed by atoms with Crippen molar-refractivity contribution in [1.29, 1.82) is 0 Å². The summed E-state index contributed by atoms with van der Waals surface area (Å²) in [5.74, 6) is 16.1. The van der Waals surface area contributed by atoms with Crippen LogP contribution in [0, 0.1) is 59.2 Å². The smallest absolute Gasteiger partial charge is 0.302 e. The number of fused-ring (bicyclic) bond motifs is 14. The van der Waals surface area contributed by atoms with Gasteiger partial charge in [0.25, 0.3) is 0 Å². The van der Waals surface area contributed by atoms with E-state index in [2.05, 4.69) is 125 Å². The Hall–Kier alpha value is -6.83. The number of nitrogens with two attached hydrogens (primary N) is 1. The van der Waals surface area contributed by atoms with E-state index in [0.717, 1.165) is 121 Å². The summed E-state index contributed by atoms with van der Waals surface area (Å²) in [6.45, 7) is 1.25. The first-order valence-electron chi connectivity index (χ1n) is 34.8. The molecular formula is C79H86N4O10S2. The number of nitrogens with one attached hydrogen (secondary N) is 3. The second kappa shape index (κ2) is 26.2. The van der Waals surface area contributed by atoms with Crippen LogP contribution in [-0.4, -0.2) is 102 Å². The second-order valence-corrected chi connectivity index (χ2v) is 31.5. The summed E-state index contributed by atoms with van der Waals surface area (Å²) >= 11 is 0. The number of carbonyl (C=O) groups is 1. The maximum Gasteiger partial charge on any atom is 0.302 e. The van der Waals surface area contributed by atoms with E-state index in [1.807, 2.05) is 27.7 Å². The second-order valence-electron chi connectivity index (χ2n) is 28.9. The molecule has 16 heteroatoms. The van der Waals surface area contributed by atoms with Gasteiger partial charge in [0, 0.05) is 108 Å². The molecule has 1 spiro atoms. The molecule has 16 unspecified atom stereocenters. The predicted octanol–water partition coefficient (Wildman–Crippen LogP) is 11.3.